The second-order valence-electron chi connectivity index (χ2n) is 7.86. The quantitative estimate of drug-likeness (QED) is 0.589. The molecule has 3 aliphatic heterocycles. The molecule has 4 heterocycles. The van der Waals surface area contributed by atoms with Gasteiger partial charge in [0.2, 0.25) is 0 Å². The third kappa shape index (κ3) is 3.97. The Morgan fingerprint density at radius 2 is 1.41 bits per heavy atom. The Hall–Kier alpha value is -2.14. The number of piperidine rings is 3. The lowest BCUT2D eigenvalue weighted by Crippen LogP contribution is -2.53. The van der Waals surface area contributed by atoms with E-state index in [1.165, 1.54) is 25.9 Å². The maximum atomic E-state index is 6.10. The first-order valence-electron chi connectivity index (χ1n) is 10.0. The Kier molecular flexibility index (Phi) is 5.17. The van der Waals surface area contributed by atoms with Crippen LogP contribution in [0.1, 0.15) is 12.8 Å². The fourth-order valence-electron chi connectivity index (χ4n) is 4.41. The number of fused-ring (bicyclic) bond motifs is 3. The van der Waals surface area contributed by atoms with Gasteiger partial charge in [0.05, 0.1) is 17.6 Å². The van der Waals surface area contributed by atoms with Gasteiger partial charge in [-0.25, -0.2) is 4.98 Å². The maximum Gasteiger partial charge on any atom is 0.145 e. The van der Waals surface area contributed by atoms with Crippen molar-refractivity contribution in [2.24, 2.45) is 5.92 Å². The van der Waals surface area contributed by atoms with Gasteiger partial charge in [-0.3, -0.25) is 4.98 Å². The largest absolute Gasteiger partial charge is 0.364 e. The average molecular weight is 425 g/mol. The summed E-state index contributed by atoms with van der Waals surface area (Å²) in [5.74, 6) is 1.54. The lowest BCUT2D eigenvalue weighted by atomic mass is 9.84. The van der Waals surface area contributed by atoms with Crippen molar-refractivity contribution in [2.75, 3.05) is 25.0 Å². The van der Waals surface area contributed by atoms with E-state index in [2.05, 4.69) is 10.2 Å². The Balaban J connectivity index is 1.52. The second-order valence-corrected chi connectivity index (χ2v) is 8.73. The molecule has 29 heavy (non-hydrogen) atoms. The van der Waals surface area contributed by atoms with E-state index in [-0.39, 0.29) is 0 Å². The van der Waals surface area contributed by atoms with Crippen molar-refractivity contribution in [1.82, 2.24) is 14.9 Å². The van der Waals surface area contributed by atoms with Crippen molar-refractivity contribution < 1.29 is 0 Å². The van der Waals surface area contributed by atoms with E-state index in [0.29, 0.717) is 16.1 Å². The molecule has 0 aliphatic carbocycles. The van der Waals surface area contributed by atoms with Crippen LogP contribution in [0.25, 0.3) is 22.5 Å². The fraction of sp³-hybridized carbons (Fsp3) is 0.304. The zero-order valence-electron chi connectivity index (χ0n) is 16.0. The van der Waals surface area contributed by atoms with Crippen LogP contribution >= 0.6 is 23.2 Å². The number of hydrogen-bond donors (Lipinski definition) is 1. The van der Waals surface area contributed by atoms with Crippen LogP contribution in [0.4, 0.5) is 5.82 Å². The third-order valence-electron chi connectivity index (χ3n) is 6.00. The first-order valence-corrected chi connectivity index (χ1v) is 10.8. The van der Waals surface area contributed by atoms with Gasteiger partial charge in [0.1, 0.15) is 5.82 Å². The van der Waals surface area contributed by atoms with Crippen LogP contribution in [-0.4, -0.2) is 40.5 Å². The minimum atomic E-state index is 0.436. The summed E-state index contributed by atoms with van der Waals surface area (Å²) in [6, 6.07) is 15.9. The predicted octanol–water partition coefficient (Wildman–Crippen LogP) is 5.62. The highest BCUT2D eigenvalue weighted by Crippen LogP contribution is 2.33. The SMILES string of the molecule is Clc1ccc(-c2ncc(NC3CN4CCC3CC4)nc2-c2ccc(Cl)cc2)cc1. The van der Waals surface area contributed by atoms with Crippen LogP contribution in [0.2, 0.25) is 10.0 Å². The standard InChI is InChI=1S/C23H22Cl2N4/c24-18-5-1-16(2-6-18)22-23(17-3-7-19(25)8-4-17)28-21(13-26-22)27-20-14-29-11-9-15(20)10-12-29/h1-8,13,15,20H,9-12,14H2,(H,27,28). The molecule has 1 aromatic heterocycles. The monoisotopic (exact) mass is 424 g/mol. The van der Waals surface area contributed by atoms with E-state index in [9.17, 15) is 0 Å². The number of halogens is 2. The van der Waals surface area contributed by atoms with E-state index in [4.69, 9.17) is 33.2 Å². The molecule has 148 valence electrons. The maximum absolute atomic E-state index is 6.10. The fourth-order valence-corrected chi connectivity index (χ4v) is 4.66. The molecule has 6 rings (SSSR count). The highest BCUT2D eigenvalue weighted by molar-refractivity contribution is 6.31. The molecule has 3 fully saturated rings. The molecule has 6 heteroatoms. The summed E-state index contributed by atoms with van der Waals surface area (Å²) in [4.78, 5) is 12.3. The van der Waals surface area contributed by atoms with E-state index < -0.39 is 0 Å². The molecule has 2 aromatic carbocycles. The summed E-state index contributed by atoms with van der Waals surface area (Å²) in [6.07, 6.45) is 4.37. The summed E-state index contributed by atoms with van der Waals surface area (Å²) >= 11 is 12.2. The van der Waals surface area contributed by atoms with Crippen molar-refractivity contribution in [3.05, 3.63) is 64.8 Å². The topological polar surface area (TPSA) is 41.1 Å². The number of nitrogens with zero attached hydrogens (tertiary/aromatic N) is 3. The summed E-state index contributed by atoms with van der Waals surface area (Å²) < 4.78 is 0. The Labute approximate surface area is 180 Å². The number of nitrogens with one attached hydrogen (secondary N) is 1. The van der Waals surface area contributed by atoms with Crippen LogP contribution in [0.15, 0.2) is 54.7 Å². The van der Waals surface area contributed by atoms with Crippen LogP contribution in [0, 0.1) is 5.92 Å². The van der Waals surface area contributed by atoms with Crippen LogP contribution in [0.3, 0.4) is 0 Å². The molecule has 3 aliphatic rings. The molecule has 0 amide bonds. The van der Waals surface area contributed by atoms with Gasteiger partial charge < -0.3 is 10.2 Å². The Bertz CT molecular complexity index is 996. The summed E-state index contributed by atoms with van der Waals surface area (Å²) in [5.41, 5.74) is 3.66. The first-order chi connectivity index (χ1) is 14.2. The number of aromatic nitrogens is 2. The summed E-state index contributed by atoms with van der Waals surface area (Å²) in [6.45, 7) is 3.53. The molecule has 3 aromatic rings. The van der Waals surface area contributed by atoms with Crippen molar-refractivity contribution in [3.8, 4) is 22.5 Å². The number of rotatable bonds is 4. The molecular weight excluding hydrogens is 403 g/mol. The molecule has 4 nitrogen and oxygen atoms in total. The minimum absolute atomic E-state index is 0.436. The van der Waals surface area contributed by atoms with Crippen molar-refractivity contribution >= 4 is 29.0 Å². The van der Waals surface area contributed by atoms with E-state index in [1.54, 1.807) is 0 Å². The highest BCUT2D eigenvalue weighted by Gasteiger charge is 2.34. The van der Waals surface area contributed by atoms with Crippen LogP contribution in [0.5, 0.6) is 0 Å². The van der Waals surface area contributed by atoms with Gasteiger partial charge in [0.25, 0.3) is 0 Å². The minimum Gasteiger partial charge on any atom is -0.364 e. The van der Waals surface area contributed by atoms with Crippen molar-refractivity contribution in [2.45, 2.75) is 18.9 Å². The number of hydrogen-bond acceptors (Lipinski definition) is 4. The van der Waals surface area contributed by atoms with Gasteiger partial charge in [-0.15, -0.1) is 0 Å². The number of anilines is 1. The normalized spacial score (nSPS) is 23.2. The smallest absolute Gasteiger partial charge is 0.145 e. The molecule has 0 radical (unpaired) electrons. The van der Waals surface area contributed by atoms with Gasteiger partial charge in [0, 0.05) is 33.8 Å². The summed E-state index contributed by atoms with van der Waals surface area (Å²) in [7, 11) is 0. The molecule has 1 unspecified atom stereocenters. The van der Waals surface area contributed by atoms with E-state index >= 15 is 0 Å². The van der Waals surface area contributed by atoms with Crippen LogP contribution in [-0.2, 0) is 0 Å². The molecule has 0 spiro atoms. The van der Waals surface area contributed by atoms with Gasteiger partial charge in [-0.05, 0) is 56.1 Å². The van der Waals surface area contributed by atoms with Crippen molar-refractivity contribution in [1.29, 1.82) is 0 Å². The highest BCUT2D eigenvalue weighted by atomic mass is 35.5. The van der Waals surface area contributed by atoms with Crippen molar-refractivity contribution in [3.63, 3.8) is 0 Å². The third-order valence-corrected chi connectivity index (χ3v) is 6.50. The second kappa shape index (κ2) is 7.94. The molecule has 1 atom stereocenters. The zero-order chi connectivity index (χ0) is 19.8. The van der Waals surface area contributed by atoms with Crippen LogP contribution < -0.4 is 5.32 Å². The number of benzene rings is 2. The molecule has 3 saturated heterocycles. The lowest BCUT2D eigenvalue weighted by Gasteiger charge is -2.45. The Morgan fingerprint density at radius 3 is 1.97 bits per heavy atom. The first kappa shape index (κ1) is 18.9. The molecular formula is C23H22Cl2N4. The lowest BCUT2D eigenvalue weighted by molar-refractivity contribution is 0.0974. The Morgan fingerprint density at radius 1 is 0.828 bits per heavy atom. The van der Waals surface area contributed by atoms with Gasteiger partial charge in [0.15, 0.2) is 0 Å². The molecule has 2 bridgehead atoms. The van der Waals surface area contributed by atoms with Gasteiger partial charge in [-0.2, -0.15) is 0 Å². The van der Waals surface area contributed by atoms with Gasteiger partial charge in [-0.1, -0.05) is 47.5 Å². The van der Waals surface area contributed by atoms with E-state index in [0.717, 1.165) is 40.8 Å². The molecule has 0 saturated carbocycles. The van der Waals surface area contributed by atoms with Gasteiger partial charge >= 0.3 is 0 Å². The average Bonchev–Trinajstić information content (AvgIpc) is 2.76. The zero-order valence-corrected chi connectivity index (χ0v) is 17.5. The summed E-state index contributed by atoms with van der Waals surface area (Å²) in [5, 5.41) is 5.07. The molecule has 1 N–H and O–H groups in total. The predicted molar refractivity (Wildman–Crippen MR) is 119 cm³/mol. The van der Waals surface area contributed by atoms with E-state index in [1.807, 2.05) is 54.7 Å².